The summed E-state index contributed by atoms with van der Waals surface area (Å²) in [7, 11) is -8.20. The van der Waals surface area contributed by atoms with E-state index in [0.717, 1.165) is 10.4 Å². The Hall–Kier alpha value is -4.82. The predicted octanol–water partition coefficient (Wildman–Crippen LogP) is 3.62. The molecule has 0 saturated carbocycles. The average Bonchev–Trinajstić information content (AvgIpc) is 2.93. The zero-order valence-corrected chi connectivity index (χ0v) is 21.7. The van der Waals surface area contributed by atoms with Crippen LogP contribution < -0.4 is 14.3 Å². The maximum absolute atomic E-state index is 13.4. The van der Waals surface area contributed by atoms with Crippen molar-refractivity contribution < 1.29 is 26.6 Å². The summed E-state index contributed by atoms with van der Waals surface area (Å²) in [6, 6.07) is 20.6. The van der Waals surface area contributed by atoms with Crippen LogP contribution in [0.5, 0.6) is 0 Å². The van der Waals surface area contributed by atoms with E-state index in [-0.39, 0.29) is 32.5 Å². The Balaban J connectivity index is 1.56. The Morgan fingerprint density at radius 3 is 2.21 bits per heavy atom. The molecule has 0 aliphatic heterocycles. The maximum atomic E-state index is 13.4. The molecule has 0 saturated heterocycles. The van der Waals surface area contributed by atoms with Crippen molar-refractivity contribution in [2.75, 3.05) is 20.9 Å². The molecule has 1 heterocycles. The van der Waals surface area contributed by atoms with Crippen molar-refractivity contribution in [2.45, 2.75) is 9.79 Å². The fraction of sp³-hybridized carbons (Fsp3) is 0.0400. The highest BCUT2D eigenvalue weighted by atomic mass is 32.2. The van der Waals surface area contributed by atoms with Gasteiger partial charge in [-0.1, -0.05) is 24.3 Å². The highest BCUT2D eigenvalue weighted by molar-refractivity contribution is 7.93. The molecule has 14 heteroatoms. The summed E-state index contributed by atoms with van der Waals surface area (Å²) in [6.45, 7) is -0.707. The van der Waals surface area contributed by atoms with Gasteiger partial charge in [-0.3, -0.25) is 28.9 Å². The molecule has 0 spiro atoms. The number of nitro groups is 1. The van der Waals surface area contributed by atoms with Gasteiger partial charge in [0, 0.05) is 24.0 Å². The zero-order valence-electron chi connectivity index (χ0n) is 20.0. The van der Waals surface area contributed by atoms with Crippen LogP contribution in [0.1, 0.15) is 0 Å². The van der Waals surface area contributed by atoms with Gasteiger partial charge in [-0.2, -0.15) is 0 Å². The quantitative estimate of drug-likeness (QED) is 0.216. The smallest absolute Gasteiger partial charge is 0.271 e. The Morgan fingerprint density at radius 1 is 0.846 bits per heavy atom. The first kappa shape index (κ1) is 27.2. The topological polar surface area (TPSA) is 169 Å². The van der Waals surface area contributed by atoms with Crippen molar-refractivity contribution in [2.24, 2.45) is 0 Å². The average molecular weight is 568 g/mol. The second-order valence-electron chi connectivity index (χ2n) is 8.02. The van der Waals surface area contributed by atoms with Crippen LogP contribution in [-0.4, -0.2) is 39.2 Å². The Labute approximate surface area is 224 Å². The van der Waals surface area contributed by atoms with Gasteiger partial charge in [0.25, 0.3) is 25.7 Å². The molecular formula is C25H21N5O7S2. The number of benzene rings is 3. The second-order valence-corrected chi connectivity index (χ2v) is 11.6. The van der Waals surface area contributed by atoms with E-state index in [4.69, 9.17) is 0 Å². The summed E-state index contributed by atoms with van der Waals surface area (Å²) in [5, 5.41) is 13.8. The summed E-state index contributed by atoms with van der Waals surface area (Å²) in [6.07, 6.45) is 2.85. The van der Waals surface area contributed by atoms with Gasteiger partial charge in [0.15, 0.2) is 0 Å². The van der Waals surface area contributed by atoms with Gasteiger partial charge in [0.1, 0.15) is 6.54 Å². The van der Waals surface area contributed by atoms with Crippen molar-refractivity contribution >= 4 is 48.7 Å². The van der Waals surface area contributed by atoms with E-state index < -0.39 is 37.4 Å². The van der Waals surface area contributed by atoms with Gasteiger partial charge in [0.05, 0.1) is 32.3 Å². The van der Waals surface area contributed by atoms with Gasteiger partial charge in [-0.05, 0) is 54.6 Å². The van der Waals surface area contributed by atoms with E-state index >= 15 is 0 Å². The Morgan fingerprint density at radius 2 is 1.56 bits per heavy atom. The lowest BCUT2D eigenvalue weighted by atomic mass is 10.3. The number of carbonyl (C=O) groups is 1. The number of hydrogen-bond acceptors (Lipinski definition) is 8. The molecule has 0 unspecified atom stereocenters. The van der Waals surface area contributed by atoms with Gasteiger partial charge >= 0.3 is 0 Å². The number of aromatic nitrogens is 1. The third-order valence-electron chi connectivity index (χ3n) is 5.31. The fourth-order valence-corrected chi connectivity index (χ4v) is 5.96. The Bertz CT molecular complexity index is 1700. The van der Waals surface area contributed by atoms with Crippen LogP contribution in [0.15, 0.2) is 113 Å². The number of amides is 1. The standard InChI is InChI=1S/C25H21N5O7S2/c31-25(27-19-11-13-23(14-12-19)38(34,35)28-20-6-5-15-26-17-20)18-29(21-7-4-8-22(16-21)30(32)33)39(36,37)24-9-2-1-3-10-24/h1-17,28H,18H2,(H,27,31). The second kappa shape index (κ2) is 11.3. The lowest BCUT2D eigenvalue weighted by Crippen LogP contribution is -2.38. The first-order valence-electron chi connectivity index (χ1n) is 11.2. The van der Waals surface area contributed by atoms with Crippen molar-refractivity contribution in [1.29, 1.82) is 0 Å². The van der Waals surface area contributed by atoms with Crippen LogP contribution in [0.25, 0.3) is 0 Å². The van der Waals surface area contributed by atoms with E-state index in [1.165, 1.54) is 85.2 Å². The fourth-order valence-electron chi connectivity index (χ4n) is 3.48. The zero-order chi connectivity index (χ0) is 28.0. The third kappa shape index (κ3) is 6.55. The van der Waals surface area contributed by atoms with Gasteiger partial charge < -0.3 is 5.32 Å². The highest BCUT2D eigenvalue weighted by Crippen LogP contribution is 2.27. The summed E-state index contributed by atoms with van der Waals surface area (Å²) in [5.41, 5.74) is 0.0520. The maximum Gasteiger partial charge on any atom is 0.271 e. The number of carbonyl (C=O) groups excluding carboxylic acids is 1. The van der Waals surface area contributed by atoms with Crippen LogP contribution in [-0.2, 0) is 24.8 Å². The number of non-ortho nitro benzene ring substituents is 1. The minimum absolute atomic E-state index is 0.0748. The third-order valence-corrected chi connectivity index (χ3v) is 8.49. The Kier molecular flexibility index (Phi) is 7.88. The lowest BCUT2D eigenvalue weighted by Gasteiger charge is -2.24. The van der Waals surface area contributed by atoms with E-state index in [0.29, 0.717) is 0 Å². The number of rotatable bonds is 10. The number of nitro benzene ring substituents is 1. The first-order valence-corrected chi connectivity index (χ1v) is 14.1. The van der Waals surface area contributed by atoms with Crippen molar-refractivity contribution in [3.05, 3.63) is 114 Å². The minimum Gasteiger partial charge on any atom is -0.325 e. The molecule has 0 fully saturated rings. The minimum atomic E-state index is -4.28. The van der Waals surface area contributed by atoms with Gasteiger partial charge in [0.2, 0.25) is 5.91 Å². The van der Waals surface area contributed by atoms with Crippen LogP contribution >= 0.6 is 0 Å². The molecule has 0 atom stereocenters. The van der Waals surface area contributed by atoms with E-state index in [2.05, 4.69) is 15.0 Å². The molecular weight excluding hydrogens is 546 g/mol. The molecule has 1 aromatic heterocycles. The molecule has 0 aliphatic carbocycles. The van der Waals surface area contributed by atoms with E-state index in [9.17, 15) is 31.7 Å². The molecule has 0 aliphatic rings. The number of anilines is 3. The summed E-state index contributed by atoms with van der Waals surface area (Å²) in [5.74, 6) is -0.759. The normalized spacial score (nSPS) is 11.4. The molecule has 12 nitrogen and oxygen atoms in total. The predicted molar refractivity (Wildman–Crippen MR) is 144 cm³/mol. The van der Waals surface area contributed by atoms with E-state index in [1.807, 2.05) is 0 Å². The molecule has 2 N–H and O–H groups in total. The molecule has 39 heavy (non-hydrogen) atoms. The first-order chi connectivity index (χ1) is 18.6. The monoisotopic (exact) mass is 567 g/mol. The molecule has 1 amide bonds. The van der Waals surface area contributed by atoms with Gasteiger partial charge in [-0.25, -0.2) is 16.8 Å². The molecule has 0 radical (unpaired) electrons. The molecule has 4 aromatic rings. The molecule has 4 rings (SSSR count). The van der Waals surface area contributed by atoms with Crippen molar-refractivity contribution in [3.63, 3.8) is 0 Å². The summed E-state index contributed by atoms with van der Waals surface area (Å²) >= 11 is 0. The molecule has 3 aromatic carbocycles. The van der Waals surface area contributed by atoms with Crippen LogP contribution in [0.2, 0.25) is 0 Å². The largest absolute Gasteiger partial charge is 0.325 e. The van der Waals surface area contributed by atoms with Crippen LogP contribution in [0, 0.1) is 10.1 Å². The highest BCUT2D eigenvalue weighted by Gasteiger charge is 2.28. The summed E-state index contributed by atoms with van der Waals surface area (Å²) in [4.78, 5) is 27.2. The van der Waals surface area contributed by atoms with Crippen LogP contribution in [0.4, 0.5) is 22.7 Å². The number of nitrogens with one attached hydrogen (secondary N) is 2. The number of nitrogens with zero attached hydrogens (tertiary/aromatic N) is 3. The van der Waals surface area contributed by atoms with Crippen molar-refractivity contribution in [3.8, 4) is 0 Å². The summed E-state index contributed by atoms with van der Waals surface area (Å²) < 4.78 is 55.2. The number of hydrogen-bond donors (Lipinski definition) is 2. The molecule has 0 bridgehead atoms. The van der Waals surface area contributed by atoms with Crippen LogP contribution in [0.3, 0.4) is 0 Å². The van der Waals surface area contributed by atoms with Crippen molar-refractivity contribution in [1.82, 2.24) is 4.98 Å². The molecule has 200 valence electrons. The SMILES string of the molecule is O=C(CN(c1cccc([N+](=O)[O-])c1)S(=O)(=O)c1ccccc1)Nc1ccc(S(=O)(=O)Nc2cccnc2)cc1. The van der Waals surface area contributed by atoms with Gasteiger partial charge in [-0.15, -0.1) is 0 Å². The number of sulfonamides is 2. The number of pyridine rings is 1. The lowest BCUT2D eigenvalue weighted by molar-refractivity contribution is -0.384. The van der Waals surface area contributed by atoms with E-state index in [1.54, 1.807) is 12.1 Å².